The van der Waals surface area contributed by atoms with Gasteiger partial charge >= 0.3 is 0 Å². The molecule has 0 aromatic heterocycles. The van der Waals surface area contributed by atoms with Crippen LogP contribution in [-0.4, -0.2) is 17.8 Å². The van der Waals surface area contributed by atoms with Crippen molar-refractivity contribution in [2.24, 2.45) is 17.8 Å². The summed E-state index contributed by atoms with van der Waals surface area (Å²) in [7, 11) is 0. The van der Waals surface area contributed by atoms with Crippen LogP contribution in [0.4, 0.5) is 0 Å². The molecule has 3 heteroatoms. The lowest BCUT2D eigenvalue weighted by atomic mass is 9.79. The zero-order valence-electron chi connectivity index (χ0n) is 11.9. The molecule has 18 heavy (non-hydrogen) atoms. The molecule has 0 aromatic carbocycles. The van der Waals surface area contributed by atoms with E-state index >= 15 is 0 Å². The summed E-state index contributed by atoms with van der Waals surface area (Å²) in [6.07, 6.45) is 8.73. The Kier molecular flexibility index (Phi) is 7.96. The lowest BCUT2D eigenvalue weighted by molar-refractivity contribution is -0.126. The van der Waals surface area contributed by atoms with Gasteiger partial charge in [-0.05, 0) is 37.5 Å². The summed E-state index contributed by atoms with van der Waals surface area (Å²) in [5.41, 5.74) is 0. The van der Waals surface area contributed by atoms with Crippen LogP contribution in [0.3, 0.4) is 0 Å². The summed E-state index contributed by atoms with van der Waals surface area (Å²) in [5.74, 6) is 1.98. The zero-order chi connectivity index (χ0) is 13.4. The van der Waals surface area contributed by atoms with Gasteiger partial charge in [-0.3, -0.25) is 4.79 Å². The van der Waals surface area contributed by atoms with Crippen LogP contribution in [0.5, 0.6) is 0 Å². The number of hydrogen-bond acceptors (Lipinski definition) is 1. The summed E-state index contributed by atoms with van der Waals surface area (Å²) in [5, 5.41) is 4.05. The van der Waals surface area contributed by atoms with Crippen molar-refractivity contribution in [3.63, 3.8) is 0 Å². The van der Waals surface area contributed by atoms with Gasteiger partial charge in [-0.1, -0.05) is 49.0 Å². The Hall–Kier alpha value is -0.0500. The number of hydrogen-bond donors (Lipinski definition) is 1. The van der Waals surface area contributed by atoms with Crippen LogP contribution in [0.15, 0.2) is 0 Å². The van der Waals surface area contributed by atoms with E-state index in [9.17, 15) is 4.79 Å². The SMILES string of the molecule is CCCCC1CCC(C(=O)NCC(C)CBr)CC1. The van der Waals surface area contributed by atoms with Crippen LogP contribution in [-0.2, 0) is 4.79 Å². The third kappa shape index (κ3) is 5.73. The van der Waals surface area contributed by atoms with Crippen LogP contribution in [0, 0.1) is 17.8 Å². The van der Waals surface area contributed by atoms with Crippen molar-refractivity contribution in [1.82, 2.24) is 5.32 Å². The van der Waals surface area contributed by atoms with Crippen LogP contribution in [0.2, 0.25) is 0 Å². The van der Waals surface area contributed by atoms with E-state index in [1.54, 1.807) is 0 Å². The Morgan fingerprint density at radius 1 is 1.33 bits per heavy atom. The smallest absolute Gasteiger partial charge is 0.223 e. The third-order valence-corrected chi connectivity index (χ3v) is 5.18. The van der Waals surface area contributed by atoms with Gasteiger partial charge in [0, 0.05) is 17.8 Å². The molecule has 1 rings (SSSR count). The topological polar surface area (TPSA) is 29.1 Å². The van der Waals surface area contributed by atoms with Crippen LogP contribution < -0.4 is 5.32 Å². The Morgan fingerprint density at radius 2 is 2.00 bits per heavy atom. The molecule has 1 fully saturated rings. The van der Waals surface area contributed by atoms with Gasteiger partial charge in [0.25, 0.3) is 0 Å². The minimum absolute atomic E-state index is 0.283. The van der Waals surface area contributed by atoms with Gasteiger partial charge in [0.15, 0.2) is 0 Å². The van der Waals surface area contributed by atoms with E-state index in [1.165, 1.54) is 32.1 Å². The number of alkyl halides is 1. The molecule has 0 aromatic rings. The van der Waals surface area contributed by atoms with Crippen molar-refractivity contribution < 1.29 is 4.79 Å². The van der Waals surface area contributed by atoms with Crippen molar-refractivity contribution in [3.8, 4) is 0 Å². The normalized spacial score (nSPS) is 25.7. The molecule has 0 radical (unpaired) electrons. The lowest BCUT2D eigenvalue weighted by Crippen LogP contribution is -2.36. The van der Waals surface area contributed by atoms with Gasteiger partial charge in [0.05, 0.1) is 0 Å². The quantitative estimate of drug-likeness (QED) is 0.703. The summed E-state index contributed by atoms with van der Waals surface area (Å²) >= 11 is 3.44. The van der Waals surface area contributed by atoms with Crippen LogP contribution in [0.1, 0.15) is 58.8 Å². The molecule has 1 aliphatic carbocycles. The molecule has 1 aliphatic rings. The number of nitrogens with one attached hydrogen (secondary N) is 1. The second-order valence-corrected chi connectivity index (χ2v) is 6.51. The van der Waals surface area contributed by atoms with Gasteiger partial charge in [-0.25, -0.2) is 0 Å². The number of carbonyl (C=O) groups excluding carboxylic acids is 1. The van der Waals surface area contributed by atoms with E-state index in [1.807, 2.05) is 0 Å². The zero-order valence-corrected chi connectivity index (χ0v) is 13.5. The summed E-state index contributed by atoms with van der Waals surface area (Å²) in [6, 6.07) is 0. The van der Waals surface area contributed by atoms with Gasteiger partial charge in [-0.15, -0.1) is 0 Å². The number of amides is 1. The highest BCUT2D eigenvalue weighted by Gasteiger charge is 2.25. The van der Waals surface area contributed by atoms with E-state index in [-0.39, 0.29) is 11.8 Å². The predicted molar refractivity (Wildman–Crippen MR) is 80.9 cm³/mol. The van der Waals surface area contributed by atoms with Crippen molar-refractivity contribution in [1.29, 1.82) is 0 Å². The molecule has 1 N–H and O–H groups in total. The third-order valence-electron chi connectivity index (χ3n) is 4.07. The molecule has 2 nitrogen and oxygen atoms in total. The molecule has 1 unspecified atom stereocenters. The Morgan fingerprint density at radius 3 is 2.56 bits per heavy atom. The lowest BCUT2D eigenvalue weighted by Gasteiger charge is -2.28. The van der Waals surface area contributed by atoms with E-state index in [4.69, 9.17) is 0 Å². The maximum Gasteiger partial charge on any atom is 0.223 e. The van der Waals surface area contributed by atoms with Gasteiger partial charge < -0.3 is 5.32 Å². The molecule has 1 saturated carbocycles. The fraction of sp³-hybridized carbons (Fsp3) is 0.933. The molecule has 1 atom stereocenters. The first-order chi connectivity index (χ1) is 8.67. The second-order valence-electron chi connectivity index (χ2n) is 5.86. The summed E-state index contributed by atoms with van der Waals surface area (Å²) in [4.78, 5) is 12.0. The average Bonchev–Trinajstić information content (AvgIpc) is 2.42. The predicted octanol–water partition coefficient (Wildman–Crippen LogP) is 4.13. The van der Waals surface area contributed by atoms with E-state index < -0.39 is 0 Å². The average molecular weight is 318 g/mol. The first kappa shape index (κ1) is 16.0. The van der Waals surface area contributed by atoms with E-state index in [0.29, 0.717) is 5.92 Å². The summed E-state index contributed by atoms with van der Waals surface area (Å²) < 4.78 is 0. The molecular weight excluding hydrogens is 290 g/mol. The highest BCUT2D eigenvalue weighted by Crippen LogP contribution is 2.31. The number of rotatable bonds is 7. The maximum atomic E-state index is 12.0. The Bertz CT molecular complexity index is 237. The maximum absolute atomic E-state index is 12.0. The minimum atomic E-state index is 0.283. The molecule has 1 amide bonds. The molecule has 0 saturated heterocycles. The van der Waals surface area contributed by atoms with Gasteiger partial charge in [0.1, 0.15) is 0 Å². The standard InChI is InChI=1S/C15H28BrNO/c1-3-4-5-13-6-8-14(9-7-13)15(18)17-11-12(2)10-16/h12-14H,3-11H2,1-2H3,(H,17,18). The molecule has 106 valence electrons. The molecule has 0 aliphatic heterocycles. The molecule has 0 spiro atoms. The van der Waals surface area contributed by atoms with E-state index in [2.05, 4.69) is 35.1 Å². The molecule has 0 bridgehead atoms. The second kappa shape index (κ2) is 8.95. The minimum Gasteiger partial charge on any atom is -0.356 e. The fourth-order valence-electron chi connectivity index (χ4n) is 2.68. The number of carbonyl (C=O) groups is 1. The van der Waals surface area contributed by atoms with Crippen molar-refractivity contribution in [3.05, 3.63) is 0 Å². The first-order valence-corrected chi connectivity index (χ1v) is 8.63. The van der Waals surface area contributed by atoms with Crippen LogP contribution in [0.25, 0.3) is 0 Å². The van der Waals surface area contributed by atoms with Gasteiger partial charge in [-0.2, -0.15) is 0 Å². The highest BCUT2D eigenvalue weighted by atomic mass is 79.9. The largest absolute Gasteiger partial charge is 0.356 e. The van der Waals surface area contributed by atoms with Crippen LogP contribution >= 0.6 is 15.9 Å². The van der Waals surface area contributed by atoms with Crippen molar-refractivity contribution >= 4 is 21.8 Å². The van der Waals surface area contributed by atoms with Gasteiger partial charge in [0.2, 0.25) is 5.91 Å². The van der Waals surface area contributed by atoms with Crippen molar-refractivity contribution in [2.45, 2.75) is 58.8 Å². The van der Waals surface area contributed by atoms with Crippen molar-refractivity contribution in [2.75, 3.05) is 11.9 Å². The molecule has 0 heterocycles. The first-order valence-electron chi connectivity index (χ1n) is 7.51. The summed E-state index contributed by atoms with van der Waals surface area (Å²) in [6.45, 7) is 5.21. The molecular formula is C15H28BrNO. The monoisotopic (exact) mass is 317 g/mol. The fourth-order valence-corrected chi connectivity index (χ4v) is 2.91. The number of unbranched alkanes of at least 4 members (excludes halogenated alkanes) is 1. The number of halogens is 1. The Labute approximate surface area is 120 Å². The Balaban J connectivity index is 2.19. The van der Waals surface area contributed by atoms with E-state index in [0.717, 1.165) is 30.6 Å². The highest BCUT2D eigenvalue weighted by molar-refractivity contribution is 9.09.